The molecule has 9 nitrogen and oxygen atoms in total. The first-order valence-electron chi connectivity index (χ1n) is 15.4. The number of carbonyl (C=O) groups excluding carboxylic acids is 4. The molecule has 0 spiro atoms. The highest BCUT2D eigenvalue weighted by Gasteiger charge is 2.37. The van der Waals surface area contributed by atoms with Gasteiger partial charge in [-0.3, -0.25) is 14.4 Å². The number of unbranched alkanes of at least 4 members (excludes halogenated alkanes) is 4. The van der Waals surface area contributed by atoms with E-state index < -0.39 is 41.5 Å². The van der Waals surface area contributed by atoms with Crippen LogP contribution in [0.4, 0.5) is 10.5 Å². The number of hydrogen-bond donors (Lipinski definition) is 3. The van der Waals surface area contributed by atoms with Crippen molar-refractivity contribution in [3.63, 3.8) is 0 Å². The Kier molecular flexibility index (Phi) is 14.2. The molecule has 0 radical (unpaired) electrons. The quantitative estimate of drug-likeness (QED) is 0.185. The van der Waals surface area contributed by atoms with E-state index in [0.29, 0.717) is 22.7 Å². The lowest BCUT2D eigenvalue weighted by Gasteiger charge is -2.35. The van der Waals surface area contributed by atoms with Crippen LogP contribution >= 0.6 is 11.6 Å². The Morgan fingerprint density at radius 1 is 0.977 bits per heavy atom. The van der Waals surface area contributed by atoms with E-state index in [1.807, 2.05) is 45.0 Å². The molecule has 0 saturated carbocycles. The van der Waals surface area contributed by atoms with E-state index in [2.05, 4.69) is 17.6 Å². The number of hydrogen-bond acceptors (Lipinski definition) is 5. The number of halogens is 1. The molecule has 242 valence electrons. The molecule has 2 aromatic carbocycles. The van der Waals surface area contributed by atoms with Crippen LogP contribution in [0.5, 0.6) is 0 Å². The molecule has 4 amide bonds. The lowest BCUT2D eigenvalue weighted by Crippen LogP contribution is -2.53. The van der Waals surface area contributed by atoms with Gasteiger partial charge in [-0.1, -0.05) is 80.1 Å². The van der Waals surface area contributed by atoms with E-state index in [0.717, 1.165) is 42.4 Å². The molecule has 0 aliphatic carbocycles. The largest absolute Gasteiger partial charge is 0.444 e. The molecular formula is C34H49ClN4O5. The normalized spacial score (nSPS) is 12.6. The first-order chi connectivity index (χ1) is 20.6. The maximum atomic E-state index is 14.5. The number of anilines is 1. The number of primary amides is 1. The molecular weight excluding hydrogens is 580 g/mol. The fourth-order valence-corrected chi connectivity index (χ4v) is 5.28. The summed E-state index contributed by atoms with van der Waals surface area (Å²) >= 11 is 6.48. The smallest absolute Gasteiger partial charge is 0.408 e. The Balaban J connectivity index is 2.63. The molecule has 2 unspecified atom stereocenters. The molecule has 0 aliphatic rings. The molecule has 44 heavy (non-hydrogen) atoms. The average molecular weight is 629 g/mol. The number of carbonyl (C=O) groups is 4. The number of benzene rings is 2. The van der Waals surface area contributed by atoms with E-state index in [1.165, 1.54) is 4.90 Å². The van der Waals surface area contributed by atoms with E-state index in [-0.39, 0.29) is 19.4 Å². The lowest BCUT2D eigenvalue weighted by atomic mass is 9.95. The van der Waals surface area contributed by atoms with Gasteiger partial charge in [0.2, 0.25) is 11.8 Å². The van der Waals surface area contributed by atoms with Gasteiger partial charge in [0.1, 0.15) is 17.7 Å². The summed E-state index contributed by atoms with van der Waals surface area (Å²) in [6.07, 6.45) is 3.60. The second kappa shape index (κ2) is 17.0. The number of rotatable bonds is 15. The van der Waals surface area contributed by atoms with Crippen molar-refractivity contribution in [1.82, 2.24) is 10.2 Å². The Morgan fingerprint density at radius 2 is 1.66 bits per heavy atom. The van der Waals surface area contributed by atoms with Crippen molar-refractivity contribution in [2.75, 3.05) is 11.9 Å². The van der Waals surface area contributed by atoms with Crippen LogP contribution in [0.15, 0.2) is 36.4 Å². The van der Waals surface area contributed by atoms with Crippen LogP contribution in [0.3, 0.4) is 0 Å². The molecule has 2 aromatic rings. The maximum Gasteiger partial charge on any atom is 0.408 e. The van der Waals surface area contributed by atoms with Crippen LogP contribution < -0.4 is 16.4 Å². The van der Waals surface area contributed by atoms with Gasteiger partial charge in [-0.05, 0) is 77.1 Å². The van der Waals surface area contributed by atoms with E-state index >= 15 is 0 Å². The van der Waals surface area contributed by atoms with Gasteiger partial charge >= 0.3 is 6.09 Å². The van der Waals surface area contributed by atoms with Gasteiger partial charge < -0.3 is 26.0 Å². The third-order valence-electron chi connectivity index (χ3n) is 7.20. The van der Waals surface area contributed by atoms with Gasteiger partial charge in [-0.25, -0.2) is 4.79 Å². The summed E-state index contributed by atoms with van der Waals surface area (Å²) in [7, 11) is 0. The third-order valence-corrected chi connectivity index (χ3v) is 7.52. The van der Waals surface area contributed by atoms with Crippen LogP contribution in [0, 0.1) is 20.8 Å². The summed E-state index contributed by atoms with van der Waals surface area (Å²) in [4.78, 5) is 54.9. The summed E-state index contributed by atoms with van der Waals surface area (Å²) < 4.78 is 5.43. The number of nitrogens with zero attached hydrogens (tertiary/aromatic N) is 1. The fraction of sp³-hybridized carbons (Fsp3) is 0.529. The number of alkyl carbamates (subject to hydrolysis) is 1. The topological polar surface area (TPSA) is 131 Å². The predicted molar refractivity (Wildman–Crippen MR) is 176 cm³/mol. The highest BCUT2D eigenvalue weighted by Crippen LogP contribution is 2.31. The molecule has 0 heterocycles. The van der Waals surface area contributed by atoms with Crippen molar-refractivity contribution in [3.05, 3.63) is 63.7 Å². The molecule has 4 N–H and O–H groups in total. The van der Waals surface area contributed by atoms with Gasteiger partial charge in [-0.2, -0.15) is 0 Å². The zero-order valence-corrected chi connectivity index (χ0v) is 28.0. The van der Waals surface area contributed by atoms with Crippen molar-refractivity contribution >= 4 is 41.1 Å². The number of nitrogens with two attached hydrogens (primary N) is 1. The highest BCUT2D eigenvalue weighted by molar-refractivity contribution is 6.34. The second-order valence-corrected chi connectivity index (χ2v) is 12.7. The maximum absolute atomic E-state index is 14.5. The van der Waals surface area contributed by atoms with E-state index in [9.17, 15) is 19.2 Å². The third kappa shape index (κ3) is 11.5. The number of amides is 4. The highest BCUT2D eigenvalue weighted by atomic mass is 35.5. The standard InChI is InChI=1S/C34H49ClN4O5/c1-8-9-10-11-12-20-39(32(42)27(18-19-28(36)40)37-33(43)44-34(5,6)7)30(25-17-16-22(2)21-24(25)4)31(41)38-29-23(3)14-13-15-26(29)35/h13-17,21,27,30H,8-12,18-20H2,1-7H3,(H2,36,40)(H,37,43)(H,38,41). The van der Waals surface area contributed by atoms with Gasteiger partial charge in [0.05, 0.1) is 10.7 Å². The molecule has 0 aliphatic heterocycles. The summed E-state index contributed by atoms with van der Waals surface area (Å²) in [6, 6.07) is 8.84. The lowest BCUT2D eigenvalue weighted by molar-refractivity contribution is -0.141. The summed E-state index contributed by atoms with van der Waals surface area (Å²) in [6.45, 7) is 13.2. The number of nitrogens with one attached hydrogen (secondary N) is 2. The number of aryl methyl sites for hydroxylation is 3. The fourth-order valence-electron chi connectivity index (χ4n) is 5.01. The summed E-state index contributed by atoms with van der Waals surface area (Å²) in [5, 5.41) is 5.99. The van der Waals surface area contributed by atoms with Crippen molar-refractivity contribution in [2.24, 2.45) is 5.73 Å². The van der Waals surface area contributed by atoms with Crippen LogP contribution in [0.2, 0.25) is 5.02 Å². The SMILES string of the molecule is CCCCCCCN(C(=O)C(CCC(N)=O)NC(=O)OC(C)(C)C)C(C(=O)Nc1c(C)cccc1Cl)c1ccc(C)cc1C. The minimum absolute atomic E-state index is 0.0510. The minimum atomic E-state index is -1.16. The number of ether oxygens (including phenoxy) is 1. The summed E-state index contributed by atoms with van der Waals surface area (Å²) in [5.41, 5.74) is 8.35. The zero-order chi connectivity index (χ0) is 33.0. The Labute approximate surface area is 267 Å². The molecule has 0 bridgehead atoms. The predicted octanol–water partition coefficient (Wildman–Crippen LogP) is 6.90. The Bertz CT molecular complexity index is 1290. The molecule has 0 aromatic heterocycles. The van der Waals surface area contributed by atoms with E-state index in [1.54, 1.807) is 32.9 Å². The van der Waals surface area contributed by atoms with Gasteiger partial charge in [-0.15, -0.1) is 0 Å². The summed E-state index contributed by atoms with van der Waals surface area (Å²) in [5.74, 6) is -1.57. The molecule has 0 fully saturated rings. The minimum Gasteiger partial charge on any atom is -0.444 e. The van der Waals surface area contributed by atoms with Gasteiger partial charge in [0.15, 0.2) is 0 Å². The van der Waals surface area contributed by atoms with Gasteiger partial charge in [0, 0.05) is 13.0 Å². The molecule has 10 heteroatoms. The average Bonchev–Trinajstić information content (AvgIpc) is 2.91. The Hall–Kier alpha value is -3.59. The van der Waals surface area contributed by atoms with E-state index in [4.69, 9.17) is 22.1 Å². The Morgan fingerprint density at radius 3 is 2.25 bits per heavy atom. The van der Waals surface area contributed by atoms with Gasteiger partial charge in [0.25, 0.3) is 5.91 Å². The number of para-hydroxylation sites is 1. The van der Waals surface area contributed by atoms with Crippen molar-refractivity contribution in [1.29, 1.82) is 0 Å². The zero-order valence-electron chi connectivity index (χ0n) is 27.2. The first kappa shape index (κ1) is 36.6. The van der Waals surface area contributed by atoms with Crippen LogP contribution in [-0.4, -0.2) is 46.9 Å². The van der Waals surface area contributed by atoms with Crippen LogP contribution in [0.25, 0.3) is 0 Å². The second-order valence-electron chi connectivity index (χ2n) is 12.3. The molecule has 0 saturated heterocycles. The van der Waals surface area contributed by atoms with Crippen molar-refractivity contribution in [3.8, 4) is 0 Å². The molecule has 2 atom stereocenters. The molecule has 2 rings (SSSR count). The first-order valence-corrected chi connectivity index (χ1v) is 15.7. The van der Waals surface area contributed by atoms with Crippen LogP contribution in [-0.2, 0) is 19.1 Å². The van der Waals surface area contributed by atoms with Crippen molar-refractivity contribution in [2.45, 2.75) is 111 Å². The van der Waals surface area contributed by atoms with Crippen LogP contribution in [0.1, 0.15) is 101 Å². The monoisotopic (exact) mass is 628 g/mol. The van der Waals surface area contributed by atoms with Crippen molar-refractivity contribution < 1.29 is 23.9 Å².